The molecule has 0 fully saturated rings. The van der Waals surface area contributed by atoms with E-state index in [4.69, 9.17) is 0 Å². The zero-order valence-electron chi connectivity index (χ0n) is 29.9. The smallest absolute Gasteiger partial charge is 0.0440 e. The lowest BCUT2D eigenvalue weighted by Crippen LogP contribution is -1.92. The lowest BCUT2D eigenvalue weighted by atomic mass is 9.83. The highest BCUT2D eigenvalue weighted by atomic mass is 32.1. The summed E-state index contributed by atoms with van der Waals surface area (Å²) in [4.78, 5) is 0. The third kappa shape index (κ3) is 4.51. The lowest BCUT2D eigenvalue weighted by Gasteiger charge is -2.19. The molecule has 0 bridgehead atoms. The van der Waals surface area contributed by atoms with Crippen molar-refractivity contribution in [2.75, 3.05) is 0 Å². The second-order valence-electron chi connectivity index (χ2n) is 14.7. The van der Waals surface area contributed by atoms with E-state index in [0.717, 1.165) is 0 Å². The van der Waals surface area contributed by atoms with Gasteiger partial charge in [0.15, 0.2) is 0 Å². The van der Waals surface area contributed by atoms with E-state index in [1.54, 1.807) is 0 Å². The Balaban J connectivity index is 1.11. The molecule has 0 spiro atoms. The van der Waals surface area contributed by atoms with Crippen molar-refractivity contribution in [2.24, 2.45) is 0 Å². The van der Waals surface area contributed by atoms with E-state index < -0.39 is 0 Å². The summed E-state index contributed by atoms with van der Waals surface area (Å²) in [5, 5.41) is 18.2. The van der Waals surface area contributed by atoms with Crippen LogP contribution >= 0.6 is 11.3 Å². The Morgan fingerprint density at radius 3 is 1.49 bits per heavy atom. The van der Waals surface area contributed by atoms with Crippen molar-refractivity contribution < 1.29 is 0 Å². The van der Waals surface area contributed by atoms with Crippen LogP contribution in [0.25, 0.3) is 118 Å². The summed E-state index contributed by atoms with van der Waals surface area (Å²) >= 11 is 1.93. The minimum Gasteiger partial charge on any atom is -0.134 e. The molecule has 0 saturated carbocycles. The highest BCUT2D eigenvalue weighted by Crippen LogP contribution is 2.48. The summed E-state index contributed by atoms with van der Waals surface area (Å²) in [6.45, 7) is 0. The van der Waals surface area contributed by atoms with Crippen LogP contribution in [0.1, 0.15) is 0 Å². The molecule has 254 valence electrons. The van der Waals surface area contributed by atoms with E-state index in [9.17, 15) is 0 Å². The average molecular weight is 713 g/mol. The molecule has 0 saturated heterocycles. The van der Waals surface area contributed by atoms with Gasteiger partial charge in [-0.15, -0.1) is 11.3 Å². The van der Waals surface area contributed by atoms with E-state index in [1.807, 2.05) is 11.3 Å². The Morgan fingerprint density at radius 2 is 0.800 bits per heavy atom. The van der Waals surface area contributed by atoms with Crippen molar-refractivity contribution in [3.63, 3.8) is 0 Å². The zero-order chi connectivity index (χ0) is 36.0. The van der Waals surface area contributed by atoms with Crippen LogP contribution in [-0.4, -0.2) is 0 Å². The molecule has 1 heteroatoms. The predicted octanol–water partition coefficient (Wildman–Crippen LogP) is 16.0. The van der Waals surface area contributed by atoms with Gasteiger partial charge in [-0.2, -0.15) is 0 Å². The van der Waals surface area contributed by atoms with Gasteiger partial charge >= 0.3 is 0 Å². The normalized spacial score (nSPS) is 12.0. The van der Waals surface area contributed by atoms with Crippen LogP contribution in [0.3, 0.4) is 0 Å². The second kappa shape index (κ2) is 11.9. The van der Waals surface area contributed by atoms with Crippen LogP contribution in [0.5, 0.6) is 0 Å². The topological polar surface area (TPSA) is 0 Å². The fourth-order valence-electron chi connectivity index (χ4n) is 9.41. The molecule has 0 amide bonds. The van der Waals surface area contributed by atoms with Gasteiger partial charge < -0.3 is 0 Å². The minimum absolute atomic E-state index is 1.24. The summed E-state index contributed by atoms with van der Waals surface area (Å²) < 4.78 is 2.71. The standard InChI is InChI=1S/C54H32S/c1-2-14-33(15-3-1)51-42-22-10-12-24-44(42)52(45-25-13-11-23-43(45)51)46-29-28-37(38-18-6-7-19-39(38)46)36-26-27-47-48(31-36)40-20-8-9-21-41(40)53-49-30-34-16-4-5-17-35(34)32-50(49)55-54(47)53/h1-32H. The fraction of sp³-hybridized carbons (Fsp3) is 0. The molecular weight excluding hydrogens is 681 g/mol. The van der Waals surface area contributed by atoms with Crippen LogP contribution < -0.4 is 0 Å². The largest absolute Gasteiger partial charge is 0.134 e. The maximum absolute atomic E-state index is 2.44. The molecule has 12 aromatic rings. The molecule has 0 nitrogen and oxygen atoms in total. The SMILES string of the molecule is c1ccc(-c2c3ccccc3c(-c3ccc(-c4ccc5c(c4)c4ccccc4c4c6cc7ccccc7cc6sc54)c4ccccc34)c3ccccc23)cc1. The first kappa shape index (κ1) is 30.6. The highest BCUT2D eigenvalue weighted by molar-refractivity contribution is 7.27. The molecule has 0 aliphatic rings. The Morgan fingerprint density at radius 1 is 0.273 bits per heavy atom. The number of hydrogen-bond acceptors (Lipinski definition) is 1. The van der Waals surface area contributed by atoms with Crippen molar-refractivity contribution >= 4 is 96.1 Å². The monoisotopic (exact) mass is 712 g/mol. The maximum atomic E-state index is 2.44. The van der Waals surface area contributed by atoms with Crippen LogP contribution in [0.15, 0.2) is 194 Å². The summed E-state index contributed by atoms with van der Waals surface area (Å²) in [7, 11) is 0. The third-order valence-electron chi connectivity index (χ3n) is 11.8. The maximum Gasteiger partial charge on any atom is 0.0440 e. The molecule has 1 heterocycles. The zero-order valence-corrected chi connectivity index (χ0v) is 30.7. The van der Waals surface area contributed by atoms with Crippen molar-refractivity contribution in [3.05, 3.63) is 194 Å². The van der Waals surface area contributed by atoms with Crippen molar-refractivity contribution in [2.45, 2.75) is 0 Å². The van der Waals surface area contributed by atoms with Crippen LogP contribution in [0, 0.1) is 0 Å². The molecule has 55 heavy (non-hydrogen) atoms. The van der Waals surface area contributed by atoms with Crippen molar-refractivity contribution in [3.8, 4) is 33.4 Å². The first-order valence-electron chi connectivity index (χ1n) is 19.0. The summed E-state index contributed by atoms with van der Waals surface area (Å²) in [6.07, 6.45) is 0. The summed E-state index contributed by atoms with van der Waals surface area (Å²) in [6, 6.07) is 72.1. The molecular formula is C54H32S. The Hall–Kier alpha value is -6.80. The number of fused-ring (bicyclic) bond motifs is 12. The van der Waals surface area contributed by atoms with E-state index in [2.05, 4.69) is 194 Å². The number of thiophene rings is 1. The molecule has 0 aliphatic carbocycles. The quantitative estimate of drug-likeness (QED) is 0.126. The third-order valence-corrected chi connectivity index (χ3v) is 13.0. The van der Waals surface area contributed by atoms with Crippen LogP contribution in [0.2, 0.25) is 0 Å². The van der Waals surface area contributed by atoms with E-state index in [0.29, 0.717) is 0 Å². The van der Waals surface area contributed by atoms with Gasteiger partial charge in [0.1, 0.15) is 0 Å². The Labute approximate surface area is 322 Å². The van der Waals surface area contributed by atoms with E-state index in [1.165, 1.54) is 118 Å². The molecule has 11 aromatic carbocycles. The molecule has 1 aromatic heterocycles. The van der Waals surface area contributed by atoms with Gasteiger partial charge in [0, 0.05) is 25.6 Å². The van der Waals surface area contributed by atoms with Gasteiger partial charge in [0.25, 0.3) is 0 Å². The number of hydrogen-bond donors (Lipinski definition) is 0. The first-order chi connectivity index (χ1) is 27.3. The summed E-state index contributed by atoms with van der Waals surface area (Å²) in [5.74, 6) is 0. The predicted molar refractivity (Wildman–Crippen MR) is 241 cm³/mol. The van der Waals surface area contributed by atoms with Gasteiger partial charge in [-0.25, -0.2) is 0 Å². The average Bonchev–Trinajstić information content (AvgIpc) is 3.63. The van der Waals surface area contributed by atoms with Gasteiger partial charge in [-0.1, -0.05) is 176 Å². The Bertz CT molecular complexity index is 3480. The fourth-order valence-corrected chi connectivity index (χ4v) is 10.7. The Kier molecular flexibility index (Phi) is 6.60. The first-order valence-corrected chi connectivity index (χ1v) is 19.8. The molecule has 0 radical (unpaired) electrons. The van der Waals surface area contributed by atoms with Crippen molar-refractivity contribution in [1.29, 1.82) is 0 Å². The van der Waals surface area contributed by atoms with Gasteiger partial charge in [0.2, 0.25) is 0 Å². The van der Waals surface area contributed by atoms with Gasteiger partial charge in [-0.3, -0.25) is 0 Å². The minimum atomic E-state index is 1.24. The molecule has 12 rings (SSSR count). The number of rotatable bonds is 3. The van der Waals surface area contributed by atoms with Gasteiger partial charge in [0.05, 0.1) is 0 Å². The summed E-state index contributed by atoms with van der Waals surface area (Å²) in [5.41, 5.74) is 7.57. The van der Waals surface area contributed by atoms with E-state index in [-0.39, 0.29) is 0 Å². The molecule has 0 N–H and O–H groups in total. The van der Waals surface area contributed by atoms with Crippen molar-refractivity contribution in [1.82, 2.24) is 0 Å². The molecule has 0 aliphatic heterocycles. The lowest BCUT2D eigenvalue weighted by molar-refractivity contribution is 1.66. The molecule has 0 atom stereocenters. The number of benzene rings is 11. The van der Waals surface area contributed by atoms with Crippen LogP contribution in [0.4, 0.5) is 0 Å². The van der Waals surface area contributed by atoms with Gasteiger partial charge in [-0.05, 0) is 111 Å². The van der Waals surface area contributed by atoms with Crippen LogP contribution in [-0.2, 0) is 0 Å². The second-order valence-corrected chi connectivity index (χ2v) is 15.8. The van der Waals surface area contributed by atoms with E-state index >= 15 is 0 Å². The highest BCUT2D eigenvalue weighted by Gasteiger charge is 2.20. The molecule has 0 unspecified atom stereocenters.